The zero-order valence-electron chi connectivity index (χ0n) is 34.4. The molecule has 0 heterocycles. The quantitative estimate of drug-likeness (QED) is 0.0436. The fraction of sp³-hybridized carbons (Fsp3) is 0.851. The Morgan fingerprint density at radius 3 is 1.14 bits per heavy atom. The fourth-order valence-corrected chi connectivity index (χ4v) is 6.86. The van der Waals surface area contributed by atoms with Gasteiger partial charge >= 0.3 is 0 Å². The summed E-state index contributed by atoms with van der Waals surface area (Å²) in [5.74, 6) is -0.0750. The molecule has 4 nitrogen and oxygen atoms in total. The Hall–Kier alpha value is -1.39. The number of hydrogen-bond acceptors (Lipinski definition) is 3. The lowest BCUT2D eigenvalue weighted by Gasteiger charge is -2.19. The third kappa shape index (κ3) is 39.6. The van der Waals surface area contributed by atoms with Gasteiger partial charge < -0.3 is 15.5 Å². The van der Waals surface area contributed by atoms with Crippen LogP contribution in [-0.4, -0.2) is 34.9 Å². The van der Waals surface area contributed by atoms with Crippen LogP contribution in [0.5, 0.6) is 0 Å². The van der Waals surface area contributed by atoms with Crippen LogP contribution in [-0.2, 0) is 4.79 Å². The number of aliphatic hydroxyl groups excluding tert-OH is 2. The maximum absolute atomic E-state index is 12.4. The summed E-state index contributed by atoms with van der Waals surface area (Å²) in [5, 5.41) is 23.0. The molecule has 0 fully saturated rings. The second-order valence-corrected chi connectivity index (χ2v) is 15.5. The van der Waals surface area contributed by atoms with Gasteiger partial charge in [0, 0.05) is 6.42 Å². The standard InChI is InChI=1S/C47H89NO3/c1-3-5-7-9-11-13-15-17-19-21-23-25-26-28-30-32-34-36-38-40-42-46(50)45(44-49)48-47(51)43-41-39-37-35-33-31-29-27-24-22-20-18-16-14-12-10-8-6-4-2/h25-26,32,34,40,42,45-46,49-50H,3-24,27-31,33,35-39,41,43-44H2,1-2H3,(H,48,51)/b26-25+,34-32+,42-40+. The second kappa shape index (κ2) is 43.0. The number of carbonyl (C=O) groups excluding carboxylic acids is 1. The van der Waals surface area contributed by atoms with Gasteiger partial charge in [-0.15, -0.1) is 0 Å². The molecule has 2 atom stereocenters. The Morgan fingerprint density at radius 2 is 0.765 bits per heavy atom. The Balaban J connectivity index is 3.61. The molecule has 0 aliphatic heterocycles. The van der Waals surface area contributed by atoms with Crippen molar-refractivity contribution in [3.05, 3.63) is 36.5 Å². The fourth-order valence-electron chi connectivity index (χ4n) is 6.86. The number of amides is 1. The number of hydrogen-bond donors (Lipinski definition) is 3. The van der Waals surface area contributed by atoms with E-state index < -0.39 is 12.1 Å². The predicted octanol–water partition coefficient (Wildman–Crippen LogP) is 14.2. The normalized spacial score (nSPS) is 13.3. The molecule has 300 valence electrons. The van der Waals surface area contributed by atoms with E-state index in [4.69, 9.17) is 0 Å². The van der Waals surface area contributed by atoms with Crippen molar-refractivity contribution >= 4 is 5.91 Å². The zero-order chi connectivity index (χ0) is 37.1. The van der Waals surface area contributed by atoms with Gasteiger partial charge in [0.1, 0.15) is 0 Å². The van der Waals surface area contributed by atoms with Crippen molar-refractivity contribution in [3.63, 3.8) is 0 Å². The molecular weight excluding hydrogens is 627 g/mol. The van der Waals surface area contributed by atoms with Crippen LogP contribution in [0.4, 0.5) is 0 Å². The third-order valence-electron chi connectivity index (χ3n) is 10.4. The molecule has 0 radical (unpaired) electrons. The Bertz CT molecular complexity index is 775. The highest BCUT2D eigenvalue weighted by Crippen LogP contribution is 2.15. The topological polar surface area (TPSA) is 69.6 Å². The molecule has 0 aromatic rings. The summed E-state index contributed by atoms with van der Waals surface area (Å²) < 4.78 is 0. The maximum atomic E-state index is 12.4. The summed E-state index contributed by atoms with van der Waals surface area (Å²) in [5.41, 5.74) is 0. The number of carbonyl (C=O) groups is 1. The van der Waals surface area contributed by atoms with Gasteiger partial charge in [-0.05, 0) is 44.9 Å². The molecule has 0 aliphatic carbocycles. The van der Waals surface area contributed by atoms with E-state index in [1.807, 2.05) is 6.08 Å². The van der Waals surface area contributed by atoms with Crippen molar-refractivity contribution in [1.82, 2.24) is 5.32 Å². The van der Waals surface area contributed by atoms with Gasteiger partial charge in [0.15, 0.2) is 0 Å². The number of aliphatic hydroxyl groups is 2. The van der Waals surface area contributed by atoms with Gasteiger partial charge in [-0.25, -0.2) is 0 Å². The molecule has 51 heavy (non-hydrogen) atoms. The lowest BCUT2D eigenvalue weighted by Crippen LogP contribution is -2.45. The summed E-state index contributed by atoms with van der Waals surface area (Å²) in [6.07, 6.45) is 56.9. The SMILES string of the molecule is CCCCCCCCCCCC/C=C/CC/C=C/CC/C=C/C(O)C(CO)NC(=O)CCCCCCCCCCCCCCCCCCCCC. The molecule has 0 aromatic heterocycles. The second-order valence-electron chi connectivity index (χ2n) is 15.5. The third-order valence-corrected chi connectivity index (χ3v) is 10.4. The first-order valence-electron chi connectivity index (χ1n) is 22.7. The van der Waals surface area contributed by atoms with Crippen LogP contribution in [0.3, 0.4) is 0 Å². The van der Waals surface area contributed by atoms with Crippen LogP contribution in [0.2, 0.25) is 0 Å². The highest BCUT2D eigenvalue weighted by atomic mass is 16.3. The molecule has 0 saturated heterocycles. The summed E-state index contributed by atoms with van der Waals surface area (Å²) in [6.45, 7) is 4.31. The van der Waals surface area contributed by atoms with Crippen LogP contribution in [0.15, 0.2) is 36.5 Å². The Labute approximate surface area is 319 Å². The van der Waals surface area contributed by atoms with Crippen LogP contribution >= 0.6 is 0 Å². The van der Waals surface area contributed by atoms with E-state index in [-0.39, 0.29) is 12.5 Å². The summed E-state index contributed by atoms with van der Waals surface area (Å²) >= 11 is 0. The van der Waals surface area contributed by atoms with E-state index in [0.29, 0.717) is 6.42 Å². The molecular formula is C47H89NO3. The molecule has 0 aromatic carbocycles. The van der Waals surface area contributed by atoms with Gasteiger partial charge in [-0.2, -0.15) is 0 Å². The van der Waals surface area contributed by atoms with E-state index in [1.54, 1.807) is 6.08 Å². The monoisotopic (exact) mass is 716 g/mol. The van der Waals surface area contributed by atoms with Crippen LogP contribution < -0.4 is 5.32 Å². The molecule has 0 bridgehead atoms. The van der Waals surface area contributed by atoms with Crippen LogP contribution in [0.25, 0.3) is 0 Å². The first-order valence-corrected chi connectivity index (χ1v) is 22.7. The largest absolute Gasteiger partial charge is 0.394 e. The number of unbranched alkanes of at least 4 members (excludes halogenated alkanes) is 30. The van der Waals surface area contributed by atoms with Crippen molar-refractivity contribution < 1.29 is 15.0 Å². The number of nitrogens with one attached hydrogen (secondary N) is 1. The maximum Gasteiger partial charge on any atom is 0.220 e. The van der Waals surface area contributed by atoms with Gasteiger partial charge in [-0.3, -0.25) is 4.79 Å². The molecule has 0 spiro atoms. The van der Waals surface area contributed by atoms with Crippen LogP contribution in [0, 0.1) is 0 Å². The van der Waals surface area contributed by atoms with Crippen molar-refractivity contribution in [1.29, 1.82) is 0 Å². The average Bonchev–Trinajstić information content (AvgIpc) is 3.13. The smallest absolute Gasteiger partial charge is 0.220 e. The molecule has 4 heteroatoms. The zero-order valence-corrected chi connectivity index (χ0v) is 34.4. The highest BCUT2D eigenvalue weighted by molar-refractivity contribution is 5.76. The minimum absolute atomic E-state index is 0.0750. The lowest BCUT2D eigenvalue weighted by atomic mass is 10.0. The van der Waals surface area contributed by atoms with E-state index in [2.05, 4.69) is 43.5 Å². The van der Waals surface area contributed by atoms with E-state index in [0.717, 1.165) is 38.5 Å². The lowest BCUT2D eigenvalue weighted by molar-refractivity contribution is -0.123. The van der Waals surface area contributed by atoms with Crippen molar-refractivity contribution in [2.45, 2.75) is 251 Å². The van der Waals surface area contributed by atoms with Gasteiger partial charge in [0.25, 0.3) is 0 Å². The molecule has 0 aliphatic rings. The van der Waals surface area contributed by atoms with Crippen LogP contribution in [0.1, 0.15) is 239 Å². The Morgan fingerprint density at radius 1 is 0.451 bits per heavy atom. The molecule has 3 N–H and O–H groups in total. The van der Waals surface area contributed by atoms with Crippen molar-refractivity contribution in [3.8, 4) is 0 Å². The molecule has 0 saturated carbocycles. The van der Waals surface area contributed by atoms with Gasteiger partial charge in [-0.1, -0.05) is 224 Å². The highest BCUT2D eigenvalue weighted by Gasteiger charge is 2.17. The first-order chi connectivity index (χ1) is 25.2. The molecule has 2 unspecified atom stereocenters. The summed E-state index contributed by atoms with van der Waals surface area (Å²) in [6, 6.07) is -0.642. The van der Waals surface area contributed by atoms with Gasteiger partial charge in [0.2, 0.25) is 5.91 Å². The van der Waals surface area contributed by atoms with Gasteiger partial charge in [0.05, 0.1) is 18.8 Å². The number of allylic oxidation sites excluding steroid dienone is 5. The Kier molecular flexibility index (Phi) is 41.8. The van der Waals surface area contributed by atoms with E-state index >= 15 is 0 Å². The van der Waals surface area contributed by atoms with E-state index in [9.17, 15) is 15.0 Å². The average molecular weight is 716 g/mol. The predicted molar refractivity (Wildman–Crippen MR) is 225 cm³/mol. The minimum atomic E-state index is -0.867. The molecule has 0 rings (SSSR count). The van der Waals surface area contributed by atoms with E-state index in [1.165, 1.54) is 180 Å². The van der Waals surface area contributed by atoms with Crippen molar-refractivity contribution in [2.75, 3.05) is 6.61 Å². The molecule has 1 amide bonds. The van der Waals surface area contributed by atoms with Crippen molar-refractivity contribution in [2.24, 2.45) is 0 Å². The number of rotatable bonds is 41. The summed E-state index contributed by atoms with van der Waals surface area (Å²) in [7, 11) is 0. The first kappa shape index (κ1) is 49.6. The minimum Gasteiger partial charge on any atom is -0.394 e. The summed E-state index contributed by atoms with van der Waals surface area (Å²) in [4.78, 5) is 12.4.